The topological polar surface area (TPSA) is 120 Å². The van der Waals surface area contributed by atoms with E-state index in [2.05, 4.69) is 26.4 Å². The molecule has 202 valence electrons. The van der Waals surface area contributed by atoms with Gasteiger partial charge in [-0.1, -0.05) is 24.0 Å². The predicted molar refractivity (Wildman–Crippen MR) is 149 cm³/mol. The van der Waals surface area contributed by atoms with Crippen molar-refractivity contribution in [2.45, 2.75) is 25.5 Å². The van der Waals surface area contributed by atoms with Crippen LogP contribution in [0.2, 0.25) is 0 Å². The second-order valence-corrected chi connectivity index (χ2v) is 12.5. The lowest BCUT2D eigenvalue weighted by Gasteiger charge is -2.36. The fourth-order valence-electron chi connectivity index (χ4n) is 3.91. The number of nitrogens with one attached hydrogen (secondary N) is 1. The van der Waals surface area contributed by atoms with Gasteiger partial charge in [-0.25, -0.2) is 13.1 Å². The Morgan fingerprint density at radius 2 is 1.62 bits per heavy atom. The number of carbonyl (C=O) groups excluding carboxylic acids is 2. The number of hydrogen-bond donors (Lipinski definition) is 2. The van der Waals surface area contributed by atoms with Gasteiger partial charge in [0.15, 0.2) is 0 Å². The van der Waals surface area contributed by atoms with Crippen LogP contribution in [0.4, 0.5) is 5.69 Å². The Morgan fingerprint density at radius 3 is 2.26 bits per heavy atom. The summed E-state index contributed by atoms with van der Waals surface area (Å²) in [7, 11) is -3.80. The highest BCUT2D eigenvalue weighted by Crippen LogP contribution is 2.20. The van der Waals surface area contributed by atoms with Gasteiger partial charge in [-0.05, 0) is 63.2 Å². The molecular weight excluding hydrogens is 516 g/mol. The van der Waals surface area contributed by atoms with E-state index >= 15 is 0 Å². The molecule has 0 saturated carbocycles. The molecule has 0 spiro atoms. The third-order valence-electron chi connectivity index (χ3n) is 6.32. The molecule has 3 aromatic rings. The summed E-state index contributed by atoms with van der Waals surface area (Å²) >= 11 is 0. The number of carbonyl (C=O) groups is 2. The number of aromatic hydroxyl groups is 1. The van der Waals surface area contributed by atoms with Crippen molar-refractivity contribution in [3.05, 3.63) is 89.2 Å². The minimum absolute atomic E-state index is 0.0235. The number of anilines is 1. The molecule has 0 aliphatic carbocycles. The molecule has 2 heterocycles. The number of piperazine rings is 1. The van der Waals surface area contributed by atoms with Gasteiger partial charge in [0.2, 0.25) is 10.0 Å². The van der Waals surface area contributed by atoms with Crippen molar-refractivity contribution in [3.8, 4) is 17.6 Å². The van der Waals surface area contributed by atoms with Crippen molar-refractivity contribution < 1.29 is 23.1 Å². The normalized spacial score (nSPS) is 13.8. The van der Waals surface area contributed by atoms with Crippen LogP contribution in [-0.4, -0.2) is 66.1 Å². The summed E-state index contributed by atoms with van der Waals surface area (Å²) in [6, 6.07) is 15.4. The number of hydrogen-bond acceptors (Lipinski definition) is 7. The van der Waals surface area contributed by atoms with Gasteiger partial charge in [-0.3, -0.25) is 14.6 Å². The maximum Gasteiger partial charge on any atom is 0.264 e. The average molecular weight is 547 g/mol. The van der Waals surface area contributed by atoms with E-state index in [1.54, 1.807) is 53.6 Å². The molecule has 0 radical (unpaired) electrons. The van der Waals surface area contributed by atoms with E-state index in [4.69, 9.17) is 0 Å². The van der Waals surface area contributed by atoms with Crippen molar-refractivity contribution in [1.29, 1.82) is 0 Å². The van der Waals surface area contributed by atoms with E-state index < -0.39 is 20.7 Å². The lowest BCUT2D eigenvalue weighted by molar-refractivity contribution is 0.0746. The summed E-state index contributed by atoms with van der Waals surface area (Å²) in [4.78, 5) is 33.6. The standard InChI is InChI=1S/C29H30N4O5S/c1-29(2,3)39(37,38)31-27(35)23-10-12-24(13-11-23)32-14-16-33(17-15-32)28(36)26-7-5-4-6-22(26)9-8-21-18-25(34)20-30-19-21/h4-7,10-13,18-20,34H,14-17H2,1-3H3,(H,31,35). The molecule has 1 aliphatic heterocycles. The zero-order valence-electron chi connectivity index (χ0n) is 22.0. The monoisotopic (exact) mass is 546 g/mol. The van der Waals surface area contributed by atoms with Crippen LogP contribution in [-0.2, 0) is 10.0 Å². The molecule has 1 saturated heterocycles. The molecule has 10 heteroatoms. The van der Waals surface area contributed by atoms with Crippen LogP contribution in [0.5, 0.6) is 5.75 Å². The van der Waals surface area contributed by atoms with Gasteiger partial charge in [0.1, 0.15) is 5.75 Å². The van der Waals surface area contributed by atoms with E-state index in [9.17, 15) is 23.1 Å². The molecule has 2 aromatic carbocycles. The summed E-state index contributed by atoms with van der Waals surface area (Å²) in [5, 5.41) is 9.60. The van der Waals surface area contributed by atoms with Crippen LogP contribution < -0.4 is 9.62 Å². The molecule has 1 aromatic heterocycles. The van der Waals surface area contributed by atoms with Gasteiger partial charge in [-0.15, -0.1) is 0 Å². The lowest BCUT2D eigenvalue weighted by Crippen LogP contribution is -2.49. The summed E-state index contributed by atoms with van der Waals surface area (Å²) in [6.45, 7) is 6.77. The van der Waals surface area contributed by atoms with Gasteiger partial charge >= 0.3 is 0 Å². The van der Waals surface area contributed by atoms with Crippen LogP contribution in [0.25, 0.3) is 0 Å². The van der Waals surface area contributed by atoms with Gasteiger partial charge in [0.25, 0.3) is 11.8 Å². The van der Waals surface area contributed by atoms with Gasteiger partial charge in [-0.2, -0.15) is 0 Å². The molecule has 9 nitrogen and oxygen atoms in total. The number of aromatic nitrogens is 1. The van der Waals surface area contributed by atoms with Gasteiger partial charge in [0.05, 0.1) is 16.5 Å². The lowest BCUT2D eigenvalue weighted by atomic mass is 10.1. The average Bonchev–Trinajstić information content (AvgIpc) is 2.91. The second-order valence-electron chi connectivity index (χ2n) is 10.1. The highest BCUT2D eigenvalue weighted by molar-refractivity contribution is 7.91. The Kier molecular flexibility index (Phi) is 7.93. The number of amides is 2. The minimum atomic E-state index is -3.80. The third kappa shape index (κ3) is 6.56. The molecule has 0 bridgehead atoms. The Balaban J connectivity index is 1.39. The maximum absolute atomic E-state index is 13.3. The zero-order chi connectivity index (χ0) is 28.2. The molecule has 2 N–H and O–H groups in total. The van der Waals surface area contributed by atoms with Gasteiger partial charge < -0.3 is 14.9 Å². The zero-order valence-corrected chi connectivity index (χ0v) is 22.8. The SMILES string of the molecule is CC(C)(C)S(=O)(=O)NC(=O)c1ccc(N2CCN(C(=O)c3ccccc3C#Cc3cncc(O)c3)CC2)cc1. The first-order chi connectivity index (χ1) is 18.4. The number of benzene rings is 2. The van der Waals surface area contributed by atoms with Crippen molar-refractivity contribution in [1.82, 2.24) is 14.6 Å². The van der Waals surface area contributed by atoms with Crippen LogP contribution in [0.15, 0.2) is 67.0 Å². The summed E-state index contributed by atoms with van der Waals surface area (Å²) in [5.41, 5.74) is 2.77. The quantitative estimate of drug-likeness (QED) is 0.483. The molecule has 1 aliphatic rings. The molecule has 1 fully saturated rings. The van der Waals surface area contributed by atoms with Crippen molar-refractivity contribution in [2.24, 2.45) is 0 Å². The first-order valence-corrected chi connectivity index (χ1v) is 13.9. The summed E-state index contributed by atoms with van der Waals surface area (Å²) < 4.78 is 25.6. The Labute approximate surface area is 228 Å². The fourth-order valence-corrected chi connectivity index (χ4v) is 4.58. The largest absolute Gasteiger partial charge is 0.506 e. The predicted octanol–water partition coefficient (Wildman–Crippen LogP) is 3.01. The molecule has 2 amide bonds. The maximum atomic E-state index is 13.3. The van der Waals surface area contributed by atoms with E-state index in [1.807, 2.05) is 6.07 Å². The first-order valence-electron chi connectivity index (χ1n) is 12.4. The molecule has 39 heavy (non-hydrogen) atoms. The van der Waals surface area contributed by atoms with Crippen molar-refractivity contribution in [3.63, 3.8) is 0 Å². The Bertz CT molecular complexity index is 1540. The fraction of sp³-hybridized carbons (Fsp3) is 0.276. The third-order valence-corrected chi connectivity index (χ3v) is 8.38. The van der Waals surface area contributed by atoms with Crippen LogP contribution in [0.1, 0.15) is 52.6 Å². The first kappa shape index (κ1) is 27.7. The molecule has 0 unspecified atom stereocenters. The van der Waals surface area contributed by atoms with E-state index in [0.717, 1.165) is 5.69 Å². The Morgan fingerprint density at radius 1 is 0.949 bits per heavy atom. The molecular formula is C29H30N4O5S. The van der Waals surface area contributed by atoms with E-state index in [-0.39, 0.29) is 17.2 Å². The number of sulfonamides is 1. The Hall–Kier alpha value is -4.36. The smallest absolute Gasteiger partial charge is 0.264 e. The van der Waals surface area contributed by atoms with Crippen molar-refractivity contribution >= 4 is 27.5 Å². The van der Waals surface area contributed by atoms with E-state index in [0.29, 0.717) is 42.9 Å². The van der Waals surface area contributed by atoms with Gasteiger partial charge in [0, 0.05) is 54.8 Å². The highest BCUT2D eigenvalue weighted by atomic mass is 32.2. The number of rotatable bonds is 4. The number of pyridine rings is 1. The number of nitrogens with zero attached hydrogens (tertiary/aromatic N) is 3. The molecule has 4 rings (SSSR count). The molecule has 0 atom stereocenters. The van der Waals surface area contributed by atoms with Crippen LogP contribution in [0, 0.1) is 11.8 Å². The summed E-state index contributed by atoms with van der Waals surface area (Å²) in [6.07, 6.45) is 2.87. The second kappa shape index (κ2) is 11.2. The van der Waals surface area contributed by atoms with E-state index in [1.165, 1.54) is 33.0 Å². The summed E-state index contributed by atoms with van der Waals surface area (Å²) in [5.74, 6) is 5.21. The van der Waals surface area contributed by atoms with Crippen molar-refractivity contribution in [2.75, 3.05) is 31.1 Å². The van der Waals surface area contributed by atoms with Crippen LogP contribution in [0.3, 0.4) is 0 Å². The van der Waals surface area contributed by atoms with Crippen LogP contribution >= 0.6 is 0 Å². The highest BCUT2D eigenvalue weighted by Gasteiger charge is 2.31. The minimum Gasteiger partial charge on any atom is -0.506 e.